The van der Waals surface area contributed by atoms with Crippen LogP contribution >= 0.6 is 27.7 Å². The van der Waals surface area contributed by atoms with E-state index >= 15 is 0 Å². The Morgan fingerprint density at radius 3 is 2.35 bits per heavy atom. The molecule has 2 aromatic heterocycles. The first kappa shape index (κ1) is 24.1. The molecule has 2 heterocycles. The highest BCUT2D eigenvalue weighted by molar-refractivity contribution is 9.10. The fourth-order valence-corrected chi connectivity index (χ4v) is 5.03. The molecule has 0 radical (unpaired) electrons. The smallest absolute Gasteiger partial charge is 0.191 e. The van der Waals surface area contributed by atoms with E-state index in [2.05, 4.69) is 67.7 Å². The minimum atomic E-state index is 0.464. The molecule has 168 valence electrons. The lowest BCUT2D eigenvalue weighted by atomic mass is 10.1. The van der Waals surface area contributed by atoms with Crippen molar-refractivity contribution in [2.24, 2.45) is 0 Å². The number of halogens is 1. The van der Waals surface area contributed by atoms with E-state index in [0.29, 0.717) is 11.3 Å². The summed E-state index contributed by atoms with van der Waals surface area (Å²) in [6.07, 6.45) is 12.5. The van der Waals surface area contributed by atoms with Crippen LogP contribution in [-0.2, 0) is 13.0 Å². The van der Waals surface area contributed by atoms with Crippen LogP contribution in [0, 0.1) is 0 Å². The first-order valence-electron chi connectivity index (χ1n) is 11.5. The standard InChI is InChI=1S/C24H34BrN5S/c1-2-3-4-5-6-7-8-12-17-30-22-20(27-23(30)25)21(26)28-24(29-22)31-18-13-16-19-14-10-9-11-15-19/h9-11,14-15H,2-8,12-13,16-18H2,1H3,(H2,26,28,29). The van der Waals surface area contributed by atoms with Gasteiger partial charge in [-0.1, -0.05) is 94.0 Å². The zero-order valence-corrected chi connectivity index (χ0v) is 20.9. The van der Waals surface area contributed by atoms with Gasteiger partial charge < -0.3 is 10.3 Å². The van der Waals surface area contributed by atoms with Gasteiger partial charge in [-0.2, -0.15) is 0 Å². The Bertz CT molecular complexity index is 929. The molecular weight excluding hydrogens is 470 g/mol. The quantitative estimate of drug-likeness (QED) is 0.110. The summed E-state index contributed by atoms with van der Waals surface area (Å²) in [4.78, 5) is 13.8. The highest BCUT2D eigenvalue weighted by Crippen LogP contribution is 2.26. The van der Waals surface area contributed by atoms with Gasteiger partial charge in [-0.15, -0.1) is 0 Å². The van der Waals surface area contributed by atoms with Crippen LogP contribution in [0.25, 0.3) is 11.2 Å². The topological polar surface area (TPSA) is 69.6 Å². The number of fused-ring (bicyclic) bond motifs is 1. The maximum Gasteiger partial charge on any atom is 0.191 e. The van der Waals surface area contributed by atoms with Crippen LogP contribution in [-0.4, -0.2) is 25.3 Å². The van der Waals surface area contributed by atoms with Crippen molar-refractivity contribution in [2.45, 2.75) is 82.8 Å². The molecule has 2 N–H and O–H groups in total. The van der Waals surface area contributed by atoms with Crippen LogP contribution in [0.3, 0.4) is 0 Å². The predicted octanol–water partition coefficient (Wildman–Crippen LogP) is 7.04. The SMILES string of the molecule is CCCCCCCCCCn1c(Br)nc2c(N)nc(SCCCc3ccccc3)nc21. The highest BCUT2D eigenvalue weighted by atomic mass is 79.9. The molecule has 0 amide bonds. The lowest BCUT2D eigenvalue weighted by molar-refractivity contribution is 0.543. The number of nitrogen functional groups attached to an aromatic ring is 1. The van der Waals surface area contributed by atoms with E-state index in [-0.39, 0.29) is 0 Å². The van der Waals surface area contributed by atoms with Crippen molar-refractivity contribution < 1.29 is 0 Å². The van der Waals surface area contributed by atoms with Crippen LogP contribution in [0.4, 0.5) is 5.82 Å². The van der Waals surface area contributed by atoms with E-state index < -0.39 is 0 Å². The van der Waals surface area contributed by atoms with Gasteiger partial charge in [-0.3, -0.25) is 0 Å². The van der Waals surface area contributed by atoms with E-state index in [1.54, 1.807) is 11.8 Å². The van der Waals surface area contributed by atoms with Crippen molar-refractivity contribution in [1.29, 1.82) is 0 Å². The third kappa shape index (κ3) is 7.49. The maximum atomic E-state index is 6.21. The van der Waals surface area contributed by atoms with Crippen molar-refractivity contribution in [3.63, 3.8) is 0 Å². The average Bonchev–Trinajstić information content (AvgIpc) is 3.10. The molecule has 3 rings (SSSR count). The van der Waals surface area contributed by atoms with Gasteiger partial charge in [0.2, 0.25) is 0 Å². The van der Waals surface area contributed by atoms with Gasteiger partial charge in [0, 0.05) is 12.3 Å². The third-order valence-corrected chi connectivity index (χ3v) is 7.01. The Kier molecular flexibility index (Phi) is 10.1. The van der Waals surface area contributed by atoms with Crippen molar-refractivity contribution in [1.82, 2.24) is 19.5 Å². The number of nitrogens with zero attached hydrogens (tertiary/aromatic N) is 4. The molecule has 0 bridgehead atoms. The first-order chi connectivity index (χ1) is 15.2. The molecule has 0 saturated carbocycles. The molecule has 31 heavy (non-hydrogen) atoms. The van der Waals surface area contributed by atoms with E-state index in [1.165, 1.54) is 50.5 Å². The van der Waals surface area contributed by atoms with Gasteiger partial charge >= 0.3 is 0 Å². The van der Waals surface area contributed by atoms with Crippen molar-refractivity contribution in [3.8, 4) is 0 Å². The monoisotopic (exact) mass is 503 g/mol. The molecule has 0 fully saturated rings. The first-order valence-corrected chi connectivity index (χ1v) is 13.3. The van der Waals surface area contributed by atoms with Gasteiger partial charge in [0.05, 0.1) is 0 Å². The number of hydrogen-bond donors (Lipinski definition) is 1. The number of benzene rings is 1. The summed E-state index contributed by atoms with van der Waals surface area (Å²) in [5, 5.41) is 0.739. The minimum Gasteiger partial charge on any atom is -0.382 e. The van der Waals surface area contributed by atoms with Crippen LogP contribution in [0.2, 0.25) is 0 Å². The molecular formula is C24H34BrN5S. The number of aryl methyl sites for hydroxylation is 2. The molecule has 0 aliphatic heterocycles. The normalized spacial score (nSPS) is 11.4. The number of imidazole rings is 1. The van der Waals surface area contributed by atoms with E-state index in [4.69, 9.17) is 10.7 Å². The maximum absolute atomic E-state index is 6.21. The van der Waals surface area contributed by atoms with Crippen molar-refractivity contribution in [3.05, 3.63) is 40.6 Å². The number of nitrogens with two attached hydrogens (primary N) is 1. The van der Waals surface area contributed by atoms with Gasteiger partial charge in [0.15, 0.2) is 26.9 Å². The van der Waals surface area contributed by atoms with Crippen LogP contribution in [0.5, 0.6) is 0 Å². The molecule has 5 nitrogen and oxygen atoms in total. The second-order valence-electron chi connectivity index (χ2n) is 8.01. The summed E-state index contributed by atoms with van der Waals surface area (Å²) in [5.74, 6) is 1.43. The Morgan fingerprint density at radius 1 is 0.903 bits per heavy atom. The van der Waals surface area contributed by atoms with Crippen LogP contribution < -0.4 is 5.73 Å². The molecule has 1 aromatic carbocycles. The number of thioether (sulfide) groups is 1. The second kappa shape index (κ2) is 13.1. The molecule has 0 atom stereocenters. The van der Waals surface area contributed by atoms with Gasteiger partial charge in [0.1, 0.15) is 0 Å². The fourth-order valence-electron chi connectivity index (χ4n) is 3.73. The molecule has 7 heteroatoms. The van der Waals surface area contributed by atoms with Gasteiger partial charge in [0.25, 0.3) is 0 Å². The van der Waals surface area contributed by atoms with Crippen LogP contribution in [0.1, 0.15) is 70.3 Å². The highest BCUT2D eigenvalue weighted by Gasteiger charge is 2.15. The third-order valence-electron chi connectivity index (χ3n) is 5.47. The molecule has 0 saturated heterocycles. The largest absolute Gasteiger partial charge is 0.382 e. The Morgan fingerprint density at radius 2 is 1.61 bits per heavy atom. The summed E-state index contributed by atoms with van der Waals surface area (Å²) in [5.41, 5.74) is 9.11. The zero-order valence-electron chi connectivity index (χ0n) is 18.5. The van der Waals surface area contributed by atoms with Crippen molar-refractivity contribution in [2.75, 3.05) is 11.5 Å². The summed E-state index contributed by atoms with van der Waals surface area (Å²) in [6.45, 7) is 3.17. The lowest BCUT2D eigenvalue weighted by Crippen LogP contribution is -2.03. The minimum absolute atomic E-state index is 0.464. The van der Waals surface area contributed by atoms with E-state index in [1.807, 2.05) is 0 Å². The molecule has 0 aliphatic rings. The Balaban J connectivity index is 1.52. The Hall–Kier alpha value is -1.60. The number of hydrogen-bond acceptors (Lipinski definition) is 5. The van der Waals surface area contributed by atoms with E-state index in [9.17, 15) is 0 Å². The average molecular weight is 505 g/mol. The lowest BCUT2D eigenvalue weighted by Gasteiger charge is -2.07. The summed E-state index contributed by atoms with van der Waals surface area (Å²) >= 11 is 5.26. The molecule has 0 spiro atoms. The fraction of sp³-hybridized carbons (Fsp3) is 0.542. The summed E-state index contributed by atoms with van der Waals surface area (Å²) in [6, 6.07) is 10.6. The van der Waals surface area contributed by atoms with E-state index in [0.717, 1.165) is 47.1 Å². The Labute approximate surface area is 198 Å². The second-order valence-corrected chi connectivity index (χ2v) is 9.78. The zero-order chi connectivity index (χ0) is 21.9. The van der Waals surface area contributed by atoms with Gasteiger partial charge in [-0.25, -0.2) is 15.0 Å². The number of anilines is 1. The molecule has 3 aromatic rings. The number of aromatic nitrogens is 4. The van der Waals surface area contributed by atoms with Gasteiger partial charge in [-0.05, 0) is 40.8 Å². The molecule has 0 unspecified atom stereocenters. The van der Waals surface area contributed by atoms with Crippen LogP contribution in [0.15, 0.2) is 40.2 Å². The summed E-state index contributed by atoms with van der Waals surface area (Å²) in [7, 11) is 0. The van der Waals surface area contributed by atoms with Crippen molar-refractivity contribution >= 4 is 44.7 Å². The number of unbranched alkanes of at least 4 members (excludes halogenated alkanes) is 7. The molecule has 0 aliphatic carbocycles. The predicted molar refractivity (Wildman–Crippen MR) is 136 cm³/mol. The summed E-state index contributed by atoms with van der Waals surface area (Å²) < 4.78 is 2.93. The number of rotatable bonds is 14.